The van der Waals surface area contributed by atoms with Crippen LogP contribution in [0.4, 0.5) is 0 Å². The molecule has 0 aromatic carbocycles. The van der Waals surface area contributed by atoms with Crippen molar-refractivity contribution >= 4 is 0 Å². The SMILES string of the molecule is CC(C)CCOCCOCc1cn(CCOCCOCC(C)C)nn1. The Kier molecular flexibility index (Phi) is 12.5. The zero-order valence-electron chi connectivity index (χ0n) is 16.3. The van der Waals surface area contributed by atoms with E-state index < -0.39 is 0 Å². The third kappa shape index (κ3) is 12.9. The minimum Gasteiger partial charge on any atom is -0.379 e. The number of hydrogen-bond donors (Lipinski definition) is 0. The molecule has 0 aliphatic rings. The topological polar surface area (TPSA) is 67.6 Å². The van der Waals surface area contributed by atoms with Crippen LogP contribution in [0.15, 0.2) is 6.20 Å². The van der Waals surface area contributed by atoms with Crippen molar-refractivity contribution in [1.29, 1.82) is 0 Å². The Morgan fingerprint density at radius 3 is 2.24 bits per heavy atom. The highest BCUT2D eigenvalue weighted by Gasteiger charge is 2.02. The molecule has 0 spiro atoms. The number of nitrogens with zero attached hydrogens (tertiary/aromatic N) is 3. The summed E-state index contributed by atoms with van der Waals surface area (Å²) >= 11 is 0. The lowest BCUT2D eigenvalue weighted by atomic mass is 10.1. The molecule has 7 heteroatoms. The van der Waals surface area contributed by atoms with Crippen molar-refractivity contribution in [2.45, 2.75) is 47.3 Å². The molecule has 7 nitrogen and oxygen atoms in total. The monoisotopic (exact) mass is 357 g/mol. The first-order valence-corrected chi connectivity index (χ1v) is 9.28. The van der Waals surface area contributed by atoms with E-state index in [1.165, 1.54) is 0 Å². The van der Waals surface area contributed by atoms with Gasteiger partial charge in [-0.05, 0) is 18.3 Å². The molecule has 0 aliphatic carbocycles. The molecule has 1 heterocycles. The van der Waals surface area contributed by atoms with Gasteiger partial charge in [0.15, 0.2) is 0 Å². The van der Waals surface area contributed by atoms with Crippen LogP contribution in [0.1, 0.15) is 39.8 Å². The summed E-state index contributed by atoms with van der Waals surface area (Å²) in [4.78, 5) is 0. The zero-order valence-corrected chi connectivity index (χ0v) is 16.3. The van der Waals surface area contributed by atoms with Gasteiger partial charge in [0.1, 0.15) is 5.69 Å². The van der Waals surface area contributed by atoms with Gasteiger partial charge in [0.25, 0.3) is 0 Å². The summed E-state index contributed by atoms with van der Waals surface area (Å²) in [5, 5.41) is 8.15. The fraction of sp³-hybridized carbons (Fsp3) is 0.889. The van der Waals surface area contributed by atoms with Gasteiger partial charge in [-0.15, -0.1) is 5.10 Å². The quantitative estimate of drug-likeness (QED) is 0.424. The van der Waals surface area contributed by atoms with Gasteiger partial charge in [-0.25, -0.2) is 4.68 Å². The lowest BCUT2D eigenvalue weighted by Crippen LogP contribution is -2.12. The second-order valence-corrected chi connectivity index (χ2v) is 6.90. The average molecular weight is 357 g/mol. The number of hydrogen-bond acceptors (Lipinski definition) is 6. The molecule has 1 aromatic heterocycles. The minimum atomic E-state index is 0.456. The summed E-state index contributed by atoms with van der Waals surface area (Å²) < 4.78 is 23.8. The van der Waals surface area contributed by atoms with E-state index >= 15 is 0 Å². The molecule has 0 saturated carbocycles. The van der Waals surface area contributed by atoms with Crippen LogP contribution in [-0.2, 0) is 32.1 Å². The van der Waals surface area contributed by atoms with Crippen LogP contribution in [-0.4, -0.2) is 61.2 Å². The van der Waals surface area contributed by atoms with Crippen molar-refractivity contribution in [3.63, 3.8) is 0 Å². The molecule has 0 unspecified atom stereocenters. The first-order valence-electron chi connectivity index (χ1n) is 9.28. The Bertz CT molecular complexity index is 388. The fourth-order valence-electron chi connectivity index (χ4n) is 1.93. The van der Waals surface area contributed by atoms with Gasteiger partial charge in [-0.1, -0.05) is 32.9 Å². The van der Waals surface area contributed by atoms with E-state index in [4.69, 9.17) is 18.9 Å². The summed E-state index contributed by atoms with van der Waals surface area (Å²) in [7, 11) is 0. The van der Waals surface area contributed by atoms with Crippen molar-refractivity contribution in [2.75, 3.05) is 46.2 Å². The van der Waals surface area contributed by atoms with E-state index in [0.29, 0.717) is 58.0 Å². The van der Waals surface area contributed by atoms with Crippen molar-refractivity contribution in [3.8, 4) is 0 Å². The predicted octanol–water partition coefficient (Wildman–Crippen LogP) is 2.55. The molecule has 0 atom stereocenters. The van der Waals surface area contributed by atoms with Crippen molar-refractivity contribution < 1.29 is 18.9 Å². The average Bonchev–Trinajstić information content (AvgIpc) is 3.00. The van der Waals surface area contributed by atoms with Crippen LogP contribution >= 0.6 is 0 Å². The van der Waals surface area contributed by atoms with E-state index in [-0.39, 0.29) is 0 Å². The van der Waals surface area contributed by atoms with E-state index in [9.17, 15) is 0 Å². The molecule has 0 radical (unpaired) electrons. The molecule has 25 heavy (non-hydrogen) atoms. The highest BCUT2D eigenvalue weighted by Crippen LogP contribution is 2.00. The molecule has 0 bridgehead atoms. The predicted molar refractivity (Wildman–Crippen MR) is 96.4 cm³/mol. The Morgan fingerprint density at radius 2 is 1.52 bits per heavy atom. The largest absolute Gasteiger partial charge is 0.379 e. The highest BCUT2D eigenvalue weighted by atomic mass is 16.5. The standard InChI is InChI=1S/C18H35N3O4/c1-16(2)5-7-22-9-12-25-15-18-13-21(20-19-18)6-8-23-10-11-24-14-17(3)4/h13,16-17H,5-12,14-15H2,1-4H3. The maximum atomic E-state index is 5.54. The molecule has 0 N–H and O–H groups in total. The number of ether oxygens (including phenoxy) is 4. The van der Waals surface area contributed by atoms with Gasteiger partial charge in [-0.2, -0.15) is 0 Å². The van der Waals surface area contributed by atoms with Crippen molar-refractivity contribution in [1.82, 2.24) is 15.0 Å². The van der Waals surface area contributed by atoms with E-state index in [0.717, 1.165) is 25.3 Å². The van der Waals surface area contributed by atoms with Gasteiger partial charge in [0, 0.05) is 13.2 Å². The first-order chi connectivity index (χ1) is 12.1. The molecule has 1 aromatic rings. The van der Waals surface area contributed by atoms with Gasteiger partial charge in [0.05, 0.1) is 52.4 Å². The first kappa shape index (κ1) is 22.0. The molecule has 146 valence electrons. The second-order valence-electron chi connectivity index (χ2n) is 6.90. The molecule has 0 amide bonds. The Balaban J connectivity index is 1.97. The normalized spacial score (nSPS) is 11.8. The van der Waals surface area contributed by atoms with Crippen LogP contribution in [0, 0.1) is 11.8 Å². The van der Waals surface area contributed by atoms with E-state index in [2.05, 4.69) is 38.0 Å². The summed E-state index contributed by atoms with van der Waals surface area (Å²) in [6.07, 6.45) is 2.97. The highest BCUT2D eigenvalue weighted by molar-refractivity contribution is 4.89. The molecular formula is C18H35N3O4. The van der Waals surface area contributed by atoms with Gasteiger partial charge in [0.2, 0.25) is 0 Å². The third-order valence-electron chi connectivity index (χ3n) is 3.34. The maximum Gasteiger partial charge on any atom is 0.108 e. The molecule has 0 aliphatic heterocycles. The van der Waals surface area contributed by atoms with E-state index in [1.807, 2.05) is 6.20 Å². The van der Waals surface area contributed by atoms with Crippen molar-refractivity contribution in [2.24, 2.45) is 11.8 Å². The van der Waals surface area contributed by atoms with Gasteiger partial charge in [-0.3, -0.25) is 0 Å². The number of aromatic nitrogens is 3. The summed E-state index contributed by atoms with van der Waals surface area (Å²) in [6, 6.07) is 0. The Labute approximate surface area is 152 Å². The summed E-state index contributed by atoms with van der Waals surface area (Å²) in [5.41, 5.74) is 0.822. The van der Waals surface area contributed by atoms with Gasteiger partial charge < -0.3 is 18.9 Å². The van der Waals surface area contributed by atoms with Crippen LogP contribution < -0.4 is 0 Å². The van der Waals surface area contributed by atoms with Crippen LogP contribution in [0.3, 0.4) is 0 Å². The molecule has 0 fully saturated rings. The minimum absolute atomic E-state index is 0.456. The molecular weight excluding hydrogens is 322 g/mol. The van der Waals surface area contributed by atoms with Crippen LogP contribution in [0.5, 0.6) is 0 Å². The van der Waals surface area contributed by atoms with Gasteiger partial charge >= 0.3 is 0 Å². The second kappa shape index (κ2) is 14.2. The Hall–Kier alpha value is -1.02. The lowest BCUT2D eigenvalue weighted by molar-refractivity contribution is 0.0343. The smallest absolute Gasteiger partial charge is 0.108 e. The third-order valence-corrected chi connectivity index (χ3v) is 3.34. The lowest BCUT2D eigenvalue weighted by Gasteiger charge is -2.07. The number of rotatable bonds is 16. The maximum absolute atomic E-state index is 5.54. The van der Waals surface area contributed by atoms with Crippen LogP contribution in [0.25, 0.3) is 0 Å². The zero-order chi connectivity index (χ0) is 18.3. The van der Waals surface area contributed by atoms with Crippen LogP contribution in [0.2, 0.25) is 0 Å². The fourth-order valence-corrected chi connectivity index (χ4v) is 1.93. The van der Waals surface area contributed by atoms with Crippen molar-refractivity contribution in [3.05, 3.63) is 11.9 Å². The summed E-state index contributed by atoms with van der Waals surface area (Å²) in [6.45, 7) is 14.4. The summed E-state index contributed by atoms with van der Waals surface area (Å²) in [5.74, 6) is 1.23. The Morgan fingerprint density at radius 1 is 0.840 bits per heavy atom. The van der Waals surface area contributed by atoms with E-state index in [1.54, 1.807) is 4.68 Å². The molecule has 0 saturated heterocycles. The molecule has 1 rings (SSSR count).